The average molecular weight is 333 g/mol. The zero-order valence-electron chi connectivity index (χ0n) is 13.0. The van der Waals surface area contributed by atoms with Crippen molar-refractivity contribution in [1.82, 2.24) is 15.1 Å². The molecule has 2 aromatic carbocycles. The van der Waals surface area contributed by atoms with Gasteiger partial charge < -0.3 is 9.26 Å². The highest BCUT2D eigenvalue weighted by molar-refractivity contribution is 5.60. The molecule has 2 heterocycles. The summed E-state index contributed by atoms with van der Waals surface area (Å²) in [6.45, 7) is 0. The lowest BCUT2D eigenvalue weighted by molar-refractivity contribution is 0.432. The summed E-state index contributed by atoms with van der Waals surface area (Å²) in [7, 11) is 0. The van der Waals surface area contributed by atoms with Gasteiger partial charge >= 0.3 is 0 Å². The predicted molar refractivity (Wildman–Crippen MR) is 89.4 cm³/mol. The first kappa shape index (κ1) is 15.0. The molecule has 0 unspecified atom stereocenters. The second kappa shape index (κ2) is 6.52. The number of halogens is 1. The van der Waals surface area contributed by atoms with E-state index in [2.05, 4.69) is 15.1 Å². The van der Waals surface area contributed by atoms with Gasteiger partial charge in [-0.15, -0.1) is 0 Å². The quantitative estimate of drug-likeness (QED) is 0.540. The first-order chi connectivity index (χ1) is 12.3. The van der Waals surface area contributed by atoms with Crippen molar-refractivity contribution < 1.29 is 13.7 Å². The van der Waals surface area contributed by atoms with Gasteiger partial charge in [0.05, 0.1) is 0 Å². The molecule has 0 saturated carbocycles. The molecule has 0 radical (unpaired) electrons. The molecule has 0 spiro atoms. The van der Waals surface area contributed by atoms with E-state index in [1.165, 1.54) is 12.1 Å². The van der Waals surface area contributed by atoms with Crippen LogP contribution in [0, 0.1) is 5.82 Å². The second-order valence-electron chi connectivity index (χ2n) is 5.24. The maximum atomic E-state index is 12.9. The maximum absolute atomic E-state index is 12.9. The van der Waals surface area contributed by atoms with Crippen molar-refractivity contribution in [1.29, 1.82) is 0 Å². The van der Waals surface area contributed by atoms with Gasteiger partial charge in [-0.25, -0.2) is 4.39 Å². The van der Waals surface area contributed by atoms with E-state index in [9.17, 15) is 4.39 Å². The molecule has 6 heteroatoms. The fourth-order valence-corrected chi connectivity index (χ4v) is 2.26. The Morgan fingerprint density at radius 1 is 0.760 bits per heavy atom. The van der Waals surface area contributed by atoms with E-state index in [4.69, 9.17) is 9.26 Å². The number of benzene rings is 2. The molecule has 0 fully saturated rings. The number of pyridine rings is 1. The minimum absolute atomic E-state index is 0.301. The zero-order chi connectivity index (χ0) is 17.1. The van der Waals surface area contributed by atoms with E-state index in [-0.39, 0.29) is 5.82 Å². The molecule has 5 nitrogen and oxygen atoms in total. The minimum atomic E-state index is -0.301. The third kappa shape index (κ3) is 3.37. The van der Waals surface area contributed by atoms with Gasteiger partial charge in [-0.2, -0.15) is 4.98 Å². The van der Waals surface area contributed by atoms with Crippen molar-refractivity contribution in [2.75, 3.05) is 0 Å². The molecule has 0 atom stereocenters. The molecule has 0 amide bonds. The van der Waals surface area contributed by atoms with E-state index >= 15 is 0 Å². The first-order valence-electron chi connectivity index (χ1n) is 7.56. The van der Waals surface area contributed by atoms with Crippen LogP contribution in [0.2, 0.25) is 0 Å². The predicted octanol–water partition coefficient (Wildman–Crippen LogP) is 4.73. The van der Waals surface area contributed by atoms with Crippen LogP contribution in [0.4, 0.5) is 4.39 Å². The molecule has 0 aliphatic rings. The smallest absolute Gasteiger partial charge is 0.258 e. The molecule has 0 saturated heterocycles. The van der Waals surface area contributed by atoms with E-state index in [1.54, 1.807) is 48.8 Å². The number of hydrogen-bond acceptors (Lipinski definition) is 5. The van der Waals surface area contributed by atoms with Crippen LogP contribution in [-0.4, -0.2) is 15.1 Å². The molecule has 4 aromatic rings. The molecule has 122 valence electrons. The van der Waals surface area contributed by atoms with Gasteiger partial charge in [-0.05, 0) is 60.7 Å². The van der Waals surface area contributed by atoms with Gasteiger partial charge in [-0.1, -0.05) is 5.16 Å². The Labute approximate surface area is 142 Å². The van der Waals surface area contributed by atoms with E-state index < -0.39 is 0 Å². The van der Waals surface area contributed by atoms with E-state index in [0.29, 0.717) is 23.2 Å². The number of ether oxygens (including phenoxy) is 1. The third-order valence-corrected chi connectivity index (χ3v) is 3.52. The van der Waals surface area contributed by atoms with Crippen LogP contribution in [0.15, 0.2) is 77.6 Å². The van der Waals surface area contributed by atoms with Crippen LogP contribution in [-0.2, 0) is 0 Å². The lowest BCUT2D eigenvalue weighted by Crippen LogP contribution is -1.86. The molecule has 25 heavy (non-hydrogen) atoms. The third-order valence-electron chi connectivity index (χ3n) is 3.52. The van der Waals surface area contributed by atoms with Gasteiger partial charge in [0.15, 0.2) is 0 Å². The summed E-state index contributed by atoms with van der Waals surface area (Å²) in [4.78, 5) is 8.35. The highest BCUT2D eigenvalue weighted by atomic mass is 19.1. The fraction of sp³-hybridized carbons (Fsp3) is 0. The molecular formula is C19H12FN3O2. The van der Waals surface area contributed by atoms with Crippen LogP contribution in [0.1, 0.15) is 0 Å². The largest absolute Gasteiger partial charge is 0.457 e. The van der Waals surface area contributed by atoms with Crippen molar-refractivity contribution in [2.24, 2.45) is 0 Å². The first-order valence-corrected chi connectivity index (χ1v) is 7.56. The SMILES string of the molecule is Fc1ccc(Oc2ccc(-c3noc(-c4ccncc4)n3)cc2)cc1. The standard InChI is InChI=1S/C19H12FN3O2/c20-15-3-7-17(8-4-15)24-16-5-1-13(2-6-16)18-22-19(25-23-18)14-9-11-21-12-10-14/h1-12H. The average Bonchev–Trinajstić information content (AvgIpc) is 3.15. The monoisotopic (exact) mass is 333 g/mol. The number of aromatic nitrogens is 3. The van der Waals surface area contributed by atoms with Crippen molar-refractivity contribution in [3.63, 3.8) is 0 Å². The summed E-state index contributed by atoms with van der Waals surface area (Å²) < 4.78 is 23.9. The summed E-state index contributed by atoms with van der Waals surface area (Å²) in [6.07, 6.45) is 3.33. The van der Waals surface area contributed by atoms with Crippen LogP contribution < -0.4 is 4.74 Å². The van der Waals surface area contributed by atoms with Crippen LogP contribution in [0.25, 0.3) is 22.8 Å². The summed E-state index contributed by atoms with van der Waals surface area (Å²) in [5.74, 6) is 1.82. The lowest BCUT2D eigenvalue weighted by Gasteiger charge is -2.05. The topological polar surface area (TPSA) is 61.0 Å². The van der Waals surface area contributed by atoms with Crippen LogP contribution >= 0.6 is 0 Å². The van der Waals surface area contributed by atoms with Crippen molar-refractivity contribution >= 4 is 0 Å². The Morgan fingerprint density at radius 3 is 2.08 bits per heavy atom. The highest BCUT2D eigenvalue weighted by Gasteiger charge is 2.10. The molecular weight excluding hydrogens is 321 g/mol. The van der Waals surface area contributed by atoms with Gasteiger partial charge in [0, 0.05) is 23.5 Å². The van der Waals surface area contributed by atoms with Gasteiger partial charge in [0.25, 0.3) is 5.89 Å². The molecule has 0 bridgehead atoms. The summed E-state index contributed by atoms with van der Waals surface area (Å²) in [5.41, 5.74) is 1.61. The Kier molecular flexibility index (Phi) is 3.92. The van der Waals surface area contributed by atoms with Gasteiger partial charge in [-0.3, -0.25) is 4.98 Å². The van der Waals surface area contributed by atoms with Crippen molar-refractivity contribution in [2.45, 2.75) is 0 Å². The molecule has 0 aliphatic heterocycles. The summed E-state index contributed by atoms with van der Waals surface area (Å²) in [5, 5.41) is 4.00. The Balaban J connectivity index is 1.52. The Bertz CT molecular complexity index is 968. The minimum Gasteiger partial charge on any atom is -0.457 e. The number of hydrogen-bond donors (Lipinski definition) is 0. The van der Waals surface area contributed by atoms with E-state index in [0.717, 1.165) is 11.1 Å². The molecule has 4 rings (SSSR count). The Hall–Kier alpha value is -3.54. The van der Waals surface area contributed by atoms with Crippen LogP contribution in [0.3, 0.4) is 0 Å². The normalized spacial score (nSPS) is 10.6. The van der Waals surface area contributed by atoms with Crippen molar-refractivity contribution in [3.8, 4) is 34.3 Å². The van der Waals surface area contributed by atoms with E-state index in [1.807, 2.05) is 12.1 Å². The summed E-state index contributed by atoms with van der Waals surface area (Å²) >= 11 is 0. The number of nitrogens with zero attached hydrogens (tertiary/aromatic N) is 3. The Morgan fingerprint density at radius 2 is 1.40 bits per heavy atom. The lowest BCUT2D eigenvalue weighted by atomic mass is 10.2. The summed E-state index contributed by atoms with van der Waals surface area (Å²) in [6, 6.07) is 16.7. The zero-order valence-corrected chi connectivity index (χ0v) is 13.0. The molecule has 0 aliphatic carbocycles. The van der Waals surface area contributed by atoms with Gasteiger partial charge in [0.2, 0.25) is 5.82 Å². The number of rotatable bonds is 4. The molecule has 0 N–H and O–H groups in total. The maximum Gasteiger partial charge on any atom is 0.258 e. The second-order valence-corrected chi connectivity index (χ2v) is 5.24. The fourth-order valence-electron chi connectivity index (χ4n) is 2.26. The highest BCUT2D eigenvalue weighted by Crippen LogP contribution is 2.26. The van der Waals surface area contributed by atoms with Crippen LogP contribution in [0.5, 0.6) is 11.5 Å². The van der Waals surface area contributed by atoms with Gasteiger partial charge in [0.1, 0.15) is 17.3 Å². The van der Waals surface area contributed by atoms with Crippen molar-refractivity contribution in [3.05, 3.63) is 78.9 Å². The molecule has 2 aromatic heterocycles.